The topological polar surface area (TPSA) is 38.3 Å². The summed E-state index contributed by atoms with van der Waals surface area (Å²) in [5, 5.41) is 5.42. The fourth-order valence-corrected chi connectivity index (χ4v) is 2.68. The summed E-state index contributed by atoms with van der Waals surface area (Å²) < 4.78 is 5.58. The largest absolute Gasteiger partial charge is 0.372 e. The van der Waals surface area contributed by atoms with Gasteiger partial charge in [0.1, 0.15) is 5.60 Å². The van der Waals surface area contributed by atoms with Crippen LogP contribution in [0.3, 0.4) is 0 Å². The van der Waals surface area contributed by atoms with Gasteiger partial charge in [-0.25, -0.2) is 0 Å². The van der Waals surface area contributed by atoms with Crippen LogP contribution < -0.4 is 5.32 Å². The van der Waals surface area contributed by atoms with Gasteiger partial charge < -0.3 is 10.1 Å². The van der Waals surface area contributed by atoms with Gasteiger partial charge in [-0.15, -0.1) is 11.3 Å². The van der Waals surface area contributed by atoms with E-state index < -0.39 is 5.60 Å². The van der Waals surface area contributed by atoms with Crippen molar-refractivity contribution in [3.63, 3.8) is 0 Å². The van der Waals surface area contributed by atoms with Crippen LogP contribution in [-0.4, -0.2) is 19.6 Å². The number of amides is 1. The molecule has 0 spiro atoms. The number of benzene rings is 1. The molecule has 0 saturated carbocycles. The molecule has 1 aromatic carbocycles. The standard InChI is InChI=1S/C15H16ClNO2S/c1-15(19-2,11-5-3-6-12(16)9-11)10-17-14(18)13-7-4-8-20-13/h3-9H,10H2,1-2H3,(H,17,18). The molecule has 0 radical (unpaired) electrons. The summed E-state index contributed by atoms with van der Waals surface area (Å²) in [7, 11) is 1.62. The third kappa shape index (κ3) is 3.39. The SMILES string of the molecule is COC(C)(CNC(=O)c1cccs1)c1cccc(Cl)c1. The lowest BCUT2D eigenvalue weighted by molar-refractivity contribution is 0.00319. The Balaban J connectivity index is 2.10. The summed E-state index contributed by atoms with van der Waals surface area (Å²) in [6, 6.07) is 11.1. The van der Waals surface area contributed by atoms with E-state index in [4.69, 9.17) is 16.3 Å². The molecule has 2 rings (SSSR count). The molecular weight excluding hydrogens is 294 g/mol. The minimum Gasteiger partial charge on any atom is -0.372 e. The fourth-order valence-electron chi connectivity index (χ4n) is 1.85. The van der Waals surface area contributed by atoms with Gasteiger partial charge in [-0.2, -0.15) is 0 Å². The number of nitrogens with one attached hydrogen (secondary N) is 1. The highest BCUT2D eigenvalue weighted by Gasteiger charge is 2.27. The van der Waals surface area contributed by atoms with Gasteiger partial charge in [0.25, 0.3) is 5.91 Å². The van der Waals surface area contributed by atoms with Crippen LogP contribution in [-0.2, 0) is 10.3 Å². The quantitative estimate of drug-likeness (QED) is 0.914. The van der Waals surface area contributed by atoms with E-state index in [2.05, 4.69) is 5.32 Å². The molecule has 1 amide bonds. The number of hydrogen-bond acceptors (Lipinski definition) is 3. The van der Waals surface area contributed by atoms with E-state index in [1.54, 1.807) is 13.2 Å². The van der Waals surface area contributed by atoms with Crippen LogP contribution in [0, 0.1) is 0 Å². The number of carbonyl (C=O) groups is 1. The number of thiophene rings is 1. The molecule has 0 fully saturated rings. The molecular formula is C15H16ClNO2S. The van der Waals surface area contributed by atoms with Gasteiger partial charge in [-0.3, -0.25) is 4.79 Å². The second-order valence-electron chi connectivity index (χ2n) is 4.61. The average molecular weight is 310 g/mol. The summed E-state index contributed by atoms with van der Waals surface area (Å²) in [6.07, 6.45) is 0. The molecule has 0 bridgehead atoms. The monoisotopic (exact) mass is 309 g/mol. The summed E-state index contributed by atoms with van der Waals surface area (Å²) >= 11 is 7.42. The lowest BCUT2D eigenvalue weighted by Crippen LogP contribution is -2.39. The van der Waals surface area contributed by atoms with E-state index in [0.717, 1.165) is 5.56 Å². The first-order valence-corrected chi connectivity index (χ1v) is 7.44. The van der Waals surface area contributed by atoms with Crippen molar-refractivity contribution >= 4 is 28.8 Å². The first kappa shape index (κ1) is 15.0. The number of rotatable bonds is 5. The lowest BCUT2D eigenvalue weighted by Gasteiger charge is -2.29. The molecule has 5 heteroatoms. The molecule has 0 aliphatic rings. The molecule has 0 aliphatic heterocycles. The van der Waals surface area contributed by atoms with Gasteiger partial charge in [-0.1, -0.05) is 29.8 Å². The van der Waals surface area contributed by atoms with Crippen molar-refractivity contribution in [2.24, 2.45) is 0 Å². The summed E-state index contributed by atoms with van der Waals surface area (Å²) in [6.45, 7) is 2.30. The van der Waals surface area contributed by atoms with Crippen molar-refractivity contribution in [1.29, 1.82) is 0 Å². The smallest absolute Gasteiger partial charge is 0.261 e. The van der Waals surface area contributed by atoms with Crippen LogP contribution in [0.4, 0.5) is 0 Å². The van der Waals surface area contributed by atoms with Gasteiger partial charge in [0, 0.05) is 12.1 Å². The van der Waals surface area contributed by atoms with Crippen molar-refractivity contribution in [3.05, 3.63) is 57.2 Å². The molecule has 0 aliphatic carbocycles. The van der Waals surface area contributed by atoms with E-state index in [9.17, 15) is 4.79 Å². The number of halogens is 1. The Morgan fingerprint density at radius 2 is 2.20 bits per heavy atom. The molecule has 106 valence electrons. The molecule has 1 unspecified atom stereocenters. The van der Waals surface area contributed by atoms with Crippen molar-refractivity contribution in [2.45, 2.75) is 12.5 Å². The van der Waals surface area contributed by atoms with E-state index in [-0.39, 0.29) is 5.91 Å². The maximum Gasteiger partial charge on any atom is 0.261 e. The Kier molecular flexibility index (Phi) is 4.81. The second-order valence-corrected chi connectivity index (χ2v) is 5.99. The van der Waals surface area contributed by atoms with Crippen molar-refractivity contribution < 1.29 is 9.53 Å². The molecule has 1 aromatic heterocycles. The van der Waals surface area contributed by atoms with Crippen molar-refractivity contribution in [3.8, 4) is 0 Å². The Bertz CT molecular complexity index is 585. The number of ether oxygens (including phenoxy) is 1. The van der Waals surface area contributed by atoms with Crippen LogP contribution in [0.1, 0.15) is 22.2 Å². The van der Waals surface area contributed by atoms with E-state index in [1.807, 2.05) is 42.6 Å². The van der Waals surface area contributed by atoms with Crippen LogP contribution in [0.5, 0.6) is 0 Å². The Labute approximate surface area is 127 Å². The zero-order valence-electron chi connectivity index (χ0n) is 11.4. The maximum atomic E-state index is 12.0. The van der Waals surface area contributed by atoms with Gasteiger partial charge in [0.2, 0.25) is 0 Å². The summed E-state index contributed by atoms with van der Waals surface area (Å²) in [5.74, 6) is -0.0923. The number of hydrogen-bond donors (Lipinski definition) is 1. The predicted molar refractivity (Wildman–Crippen MR) is 82.5 cm³/mol. The molecule has 1 heterocycles. The second kappa shape index (κ2) is 6.39. The zero-order valence-corrected chi connectivity index (χ0v) is 12.9. The molecule has 1 atom stereocenters. The van der Waals surface area contributed by atoms with E-state index in [1.165, 1.54) is 11.3 Å². The number of carbonyl (C=O) groups excluding carboxylic acids is 1. The molecule has 2 aromatic rings. The van der Waals surface area contributed by atoms with Gasteiger partial charge >= 0.3 is 0 Å². The molecule has 1 N–H and O–H groups in total. The summed E-state index contributed by atoms with van der Waals surface area (Å²) in [4.78, 5) is 12.7. The third-order valence-electron chi connectivity index (χ3n) is 3.22. The summed E-state index contributed by atoms with van der Waals surface area (Å²) in [5.41, 5.74) is 0.316. The van der Waals surface area contributed by atoms with Crippen LogP contribution in [0.25, 0.3) is 0 Å². The van der Waals surface area contributed by atoms with Crippen LogP contribution >= 0.6 is 22.9 Å². The third-order valence-corrected chi connectivity index (χ3v) is 4.32. The van der Waals surface area contributed by atoms with E-state index >= 15 is 0 Å². The van der Waals surface area contributed by atoms with Crippen molar-refractivity contribution in [2.75, 3.05) is 13.7 Å². The highest BCUT2D eigenvalue weighted by molar-refractivity contribution is 7.12. The van der Waals surface area contributed by atoms with E-state index in [0.29, 0.717) is 16.4 Å². The molecule has 0 saturated heterocycles. The highest BCUT2D eigenvalue weighted by atomic mass is 35.5. The zero-order chi connectivity index (χ0) is 14.6. The Hall–Kier alpha value is -1.36. The first-order chi connectivity index (χ1) is 9.55. The van der Waals surface area contributed by atoms with Gasteiger partial charge in [-0.05, 0) is 36.1 Å². The lowest BCUT2D eigenvalue weighted by atomic mass is 9.95. The van der Waals surface area contributed by atoms with Crippen LogP contribution in [0.15, 0.2) is 41.8 Å². The fraction of sp³-hybridized carbons (Fsp3) is 0.267. The predicted octanol–water partition coefficient (Wildman–Crippen LogP) is 3.69. The highest BCUT2D eigenvalue weighted by Crippen LogP contribution is 2.26. The number of methoxy groups -OCH3 is 1. The Morgan fingerprint density at radius 1 is 1.40 bits per heavy atom. The minimum atomic E-state index is -0.613. The average Bonchev–Trinajstić information content (AvgIpc) is 2.98. The maximum absolute atomic E-state index is 12.0. The van der Waals surface area contributed by atoms with Crippen LogP contribution in [0.2, 0.25) is 5.02 Å². The van der Waals surface area contributed by atoms with Gasteiger partial charge in [0.15, 0.2) is 0 Å². The minimum absolute atomic E-state index is 0.0923. The first-order valence-electron chi connectivity index (χ1n) is 6.18. The normalized spacial score (nSPS) is 13.8. The van der Waals surface area contributed by atoms with Gasteiger partial charge in [0.05, 0.1) is 11.4 Å². The molecule has 3 nitrogen and oxygen atoms in total. The molecule has 20 heavy (non-hydrogen) atoms. The van der Waals surface area contributed by atoms with Crippen molar-refractivity contribution in [1.82, 2.24) is 5.32 Å². The Morgan fingerprint density at radius 3 is 2.80 bits per heavy atom.